The van der Waals surface area contributed by atoms with Gasteiger partial charge in [-0.3, -0.25) is 9.59 Å². The Balaban J connectivity index is 1.43. The van der Waals surface area contributed by atoms with Gasteiger partial charge in [0, 0.05) is 47.9 Å². The highest BCUT2D eigenvalue weighted by molar-refractivity contribution is 6.30. The van der Waals surface area contributed by atoms with Gasteiger partial charge in [-0.1, -0.05) is 29.8 Å². The Morgan fingerprint density at radius 1 is 1.10 bits per heavy atom. The summed E-state index contributed by atoms with van der Waals surface area (Å²) in [7, 11) is 1.41. The highest BCUT2D eigenvalue weighted by Crippen LogP contribution is 2.48. The Hall–Kier alpha value is -4.19. The first-order valence-corrected chi connectivity index (χ1v) is 13.2. The van der Waals surface area contributed by atoms with Crippen molar-refractivity contribution < 1.29 is 46.5 Å². The number of fused-ring (bicyclic) bond motifs is 1. The molecule has 2 aliphatic rings. The van der Waals surface area contributed by atoms with E-state index >= 15 is 0 Å². The van der Waals surface area contributed by atoms with Crippen molar-refractivity contribution >= 4 is 34.9 Å². The molecule has 222 valence electrons. The Morgan fingerprint density at radius 3 is 2.45 bits per heavy atom. The molecule has 1 saturated carbocycles. The van der Waals surface area contributed by atoms with Gasteiger partial charge in [-0.05, 0) is 35.7 Å². The Bertz CT molecular complexity index is 1500. The number of carboxylic acid groups (broad SMARTS) is 1. The molecule has 5 rings (SSSR count). The number of methoxy groups -OCH3 is 1. The Morgan fingerprint density at radius 2 is 1.81 bits per heavy atom. The van der Waals surface area contributed by atoms with Gasteiger partial charge in [0.25, 0.3) is 5.91 Å². The van der Waals surface area contributed by atoms with Gasteiger partial charge in [-0.2, -0.15) is 0 Å². The number of nitrogens with zero attached hydrogens (tertiary/aromatic N) is 1. The normalized spacial score (nSPS) is 20.0. The molecule has 1 amide bonds. The summed E-state index contributed by atoms with van der Waals surface area (Å²) in [6.07, 6.45) is -4.62. The van der Waals surface area contributed by atoms with Crippen LogP contribution in [0.25, 0.3) is 0 Å². The van der Waals surface area contributed by atoms with E-state index in [1.807, 2.05) is 0 Å². The van der Waals surface area contributed by atoms with E-state index in [-0.39, 0.29) is 18.7 Å². The van der Waals surface area contributed by atoms with Crippen molar-refractivity contribution in [3.63, 3.8) is 0 Å². The molecule has 1 unspecified atom stereocenters. The predicted octanol–water partition coefficient (Wildman–Crippen LogP) is 6.18. The molecular formula is C29H25ClF4N2O6. The first kappa shape index (κ1) is 29.3. The van der Waals surface area contributed by atoms with Crippen LogP contribution in [0.1, 0.15) is 23.6 Å². The molecule has 3 atom stereocenters. The molecule has 3 aromatic carbocycles. The maximum Gasteiger partial charge on any atom is 0.573 e. The molecular weight excluding hydrogens is 584 g/mol. The second-order valence-electron chi connectivity index (χ2n) is 10.0. The van der Waals surface area contributed by atoms with Gasteiger partial charge in [0.1, 0.15) is 29.9 Å². The number of ether oxygens (including phenoxy) is 3. The third-order valence-electron chi connectivity index (χ3n) is 7.11. The van der Waals surface area contributed by atoms with Crippen LogP contribution in [0.2, 0.25) is 5.02 Å². The van der Waals surface area contributed by atoms with E-state index in [9.17, 15) is 27.2 Å². The van der Waals surface area contributed by atoms with Crippen molar-refractivity contribution in [1.29, 1.82) is 0 Å². The van der Waals surface area contributed by atoms with Crippen molar-refractivity contribution in [2.45, 2.75) is 30.9 Å². The van der Waals surface area contributed by atoms with Crippen molar-refractivity contribution in [1.82, 2.24) is 0 Å². The second kappa shape index (κ2) is 11.2. The van der Waals surface area contributed by atoms with Gasteiger partial charge in [-0.15, -0.1) is 13.2 Å². The first-order chi connectivity index (χ1) is 19.8. The zero-order valence-corrected chi connectivity index (χ0v) is 22.8. The number of carboxylic acids is 1. The lowest BCUT2D eigenvalue weighted by atomic mass is 10.0. The van der Waals surface area contributed by atoms with Crippen LogP contribution in [-0.4, -0.2) is 49.3 Å². The zero-order valence-electron chi connectivity index (χ0n) is 22.1. The van der Waals surface area contributed by atoms with Crippen LogP contribution in [-0.2, 0) is 16.0 Å². The summed E-state index contributed by atoms with van der Waals surface area (Å²) in [4.78, 5) is 26.5. The molecule has 42 heavy (non-hydrogen) atoms. The van der Waals surface area contributed by atoms with Crippen LogP contribution in [0.15, 0.2) is 60.7 Å². The number of aliphatic carboxylic acids is 1. The van der Waals surface area contributed by atoms with Crippen LogP contribution in [0, 0.1) is 5.92 Å². The number of anilines is 2. The lowest BCUT2D eigenvalue weighted by Gasteiger charge is -2.27. The van der Waals surface area contributed by atoms with E-state index in [0.29, 0.717) is 39.7 Å². The van der Waals surface area contributed by atoms with Crippen LogP contribution in [0.4, 0.5) is 28.9 Å². The number of carbonyl (C=O) groups excluding carboxylic acids is 1. The largest absolute Gasteiger partial charge is 0.573 e. The standard InChI is InChI=1S/C29H25ClF4N2O6/c1-40-21-10-19(11-22(12-21)41-15-28(31)14-23(28)27(38)39)35-25(17-2-5-18(30)6-3-17)26(37)36-9-8-16-4-7-20(13-24(16)36)42-29(32,33)34/h2-7,10-13,23,25,35H,8-9,14-15H2,1H3,(H,38,39)/t23-,25?,28-/m0/s1. The summed E-state index contributed by atoms with van der Waals surface area (Å²) in [6.45, 7) is -0.256. The van der Waals surface area contributed by atoms with E-state index < -0.39 is 48.2 Å². The van der Waals surface area contributed by atoms with E-state index in [1.54, 1.807) is 30.3 Å². The summed E-state index contributed by atoms with van der Waals surface area (Å²) in [5.41, 5.74) is -0.143. The van der Waals surface area contributed by atoms with Gasteiger partial charge in [0.15, 0.2) is 5.67 Å². The monoisotopic (exact) mass is 608 g/mol. The number of halogens is 5. The van der Waals surface area contributed by atoms with E-state index in [1.165, 1.54) is 42.3 Å². The molecule has 3 aromatic rings. The van der Waals surface area contributed by atoms with Crippen LogP contribution in [0.3, 0.4) is 0 Å². The fourth-order valence-electron chi connectivity index (χ4n) is 4.86. The predicted molar refractivity (Wildman–Crippen MR) is 145 cm³/mol. The van der Waals surface area contributed by atoms with Gasteiger partial charge in [0.2, 0.25) is 0 Å². The quantitative estimate of drug-likeness (QED) is 0.265. The third kappa shape index (κ3) is 6.48. The van der Waals surface area contributed by atoms with Crippen LogP contribution >= 0.6 is 11.6 Å². The molecule has 13 heteroatoms. The molecule has 8 nitrogen and oxygen atoms in total. The molecule has 1 heterocycles. The summed E-state index contributed by atoms with van der Waals surface area (Å²) in [5, 5.41) is 12.6. The van der Waals surface area contributed by atoms with E-state index in [4.69, 9.17) is 26.2 Å². The molecule has 0 radical (unpaired) electrons. The minimum atomic E-state index is -4.89. The maximum absolute atomic E-state index is 14.7. The van der Waals surface area contributed by atoms with Gasteiger partial charge < -0.3 is 29.5 Å². The zero-order chi connectivity index (χ0) is 30.2. The minimum absolute atomic E-state index is 0.155. The van der Waals surface area contributed by atoms with Crippen molar-refractivity contribution in [3.8, 4) is 17.2 Å². The van der Waals surface area contributed by atoms with Gasteiger partial charge in [0.05, 0.1) is 18.7 Å². The molecule has 0 spiro atoms. The first-order valence-electron chi connectivity index (χ1n) is 12.8. The highest BCUT2D eigenvalue weighted by Gasteiger charge is 2.61. The number of rotatable bonds is 10. The molecule has 2 N–H and O–H groups in total. The molecule has 0 saturated heterocycles. The lowest BCUT2D eigenvalue weighted by Crippen LogP contribution is -2.37. The third-order valence-corrected chi connectivity index (χ3v) is 7.37. The highest BCUT2D eigenvalue weighted by atomic mass is 35.5. The molecule has 1 fully saturated rings. The van der Waals surface area contributed by atoms with Crippen molar-refractivity contribution in [2.75, 3.05) is 30.5 Å². The van der Waals surface area contributed by atoms with Crippen molar-refractivity contribution in [3.05, 3.63) is 76.8 Å². The SMILES string of the molecule is COc1cc(NC(C(=O)N2CCc3ccc(OC(F)(F)F)cc32)c2ccc(Cl)cc2)cc(OC[C@@]2(F)C[C@H]2C(=O)O)c1. The van der Waals surface area contributed by atoms with Crippen molar-refractivity contribution in [2.24, 2.45) is 5.92 Å². The maximum atomic E-state index is 14.7. The summed E-state index contributed by atoms with van der Waals surface area (Å²) >= 11 is 6.07. The van der Waals surface area contributed by atoms with Gasteiger partial charge >= 0.3 is 12.3 Å². The number of hydrogen-bond donors (Lipinski definition) is 2. The molecule has 0 bridgehead atoms. The Labute approximate surface area is 242 Å². The molecule has 0 aromatic heterocycles. The molecule has 1 aliphatic carbocycles. The van der Waals surface area contributed by atoms with Crippen LogP contribution < -0.4 is 24.4 Å². The smallest absolute Gasteiger partial charge is 0.497 e. The number of alkyl halides is 4. The van der Waals surface area contributed by atoms with E-state index in [0.717, 1.165) is 0 Å². The summed E-state index contributed by atoms with van der Waals surface area (Å²) in [6, 6.07) is 13.9. The fourth-order valence-corrected chi connectivity index (χ4v) is 4.98. The number of nitrogens with one attached hydrogen (secondary N) is 1. The average molecular weight is 609 g/mol. The average Bonchev–Trinajstić information content (AvgIpc) is 3.45. The van der Waals surface area contributed by atoms with Crippen LogP contribution in [0.5, 0.6) is 17.2 Å². The minimum Gasteiger partial charge on any atom is -0.497 e. The number of benzene rings is 3. The summed E-state index contributed by atoms with van der Waals surface area (Å²) < 4.78 is 68.2. The topological polar surface area (TPSA) is 97.3 Å². The number of hydrogen-bond acceptors (Lipinski definition) is 6. The van der Waals surface area contributed by atoms with E-state index in [2.05, 4.69) is 10.1 Å². The molecule has 1 aliphatic heterocycles. The number of amides is 1. The van der Waals surface area contributed by atoms with Gasteiger partial charge in [-0.25, -0.2) is 4.39 Å². The number of carbonyl (C=O) groups is 2. The second-order valence-corrected chi connectivity index (χ2v) is 10.5. The fraction of sp³-hybridized carbons (Fsp3) is 0.310. The lowest BCUT2D eigenvalue weighted by molar-refractivity contribution is -0.274. The Kier molecular flexibility index (Phi) is 7.84. The summed E-state index contributed by atoms with van der Waals surface area (Å²) in [5.74, 6) is -2.80.